The standard InChI is InChI=1S/C30H35NO8/c1-33-23-9-8-18(13-24(23)34-2)12-22-21-17-26(36-4)25(35-3)14-19(21)10-11-31(22)30(32)20-15-27(37-5)29(39-7)28(16-20)38-6/h8-9,13-17,22H,10-12H2,1-7H3. The quantitative estimate of drug-likeness (QED) is 0.367. The number of ether oxygens (including phenoxy) is 7. The Labute approximate surface area is 229 Å². The van der Waals surface area contributed by atoms with Gasteiger partial charge in [-0.25, -0.2) is 0 Å². The molecule has 0 saturated heterocycles. The van der Waals surface area contributed by atoms with Crippen LogP contribution in [0.15, 0.2) is 42.5 Å². The molecule has 1 aliphatic heterocycles. The number of amides is 1. The minimum absolute atomic E-state index is 0.153. The van der Waals surface area contributed by atoms with E-state index in [-0.39, 0.29) is 11.9 Å². The van der Waals surface area contributed by atoms with E-state index in [0.29, 0.717) is 65.2 Å². The van der Waals surface area contributed by atoms with Crippen molar-refractivity contribution in [3.05, 3.63) is 64.7 Å². The largest absolute Gasteiger partial charge is 0.493 e. The van der Waals surface area contributed by atoms with Crippen molar-refractivity contribution in [2.45, 2.75) is 18.9 Å². The summed E-state index contributed by atoms with van der Waals surface area (Å²) < 4.78 is 38.6. The summed E-state index contributed by atoms with van der Waals surface area (Å²) in [5.74, 6) is 3.64. The molecule has 3 aromatic rings. The Bertz CT molecular complexity index is 1310. The van der Waals surface area contributed by atoms with Crippen molar-refractivity contribution in [3.8, 4) is 40.2 Å². The number of methoxy groups -OCH3 is 7. The van der Waals surface area contributed by atoms with Crippen LogP contribution in [0.3, 0.4) is 0 Å². The molecule has 0 spiro atoms. The zero-order valence-corrected chi connectivity index (χ0v) is 23.5. The van der Waals surface area contributed by atoms with Gasteiger partial charge in [-0.3, -0.25) is 4.79 Å². The minimum Gasteiger partial charge on any atom is -0.493 e. The average molecular weight is 538 g/mol. The number of rotatable bonds is 10. The number of fused-ring (bicyclic) bond motifs is 1. The predicted molar refractivity (Wildman–Crippen MR) is 146 cm³/mol. The van der Waals surface area contributed by atoms with Crippen molar-refractivity contribution in [2.75, 3.05) is 56.3 Å². The number of hydrogen-bond donors (Lipinski definition) is 0. The molecule has 3 aromatic carbocycles. The van der Waals surface area contributed by atoms with E-state index >= 15 is 0 Å². The van der Waals surface area contributed by atoms with E-state index in [4.69, 9.17) is 33.2 Å². The lowest BCUT2D eigenvalue weighted by atomic mass is 9.87. The van der Waals surface area contributed by atoms with Crippen LogP contribution in [0.25, 0.3) is 0 Å². The Morgan fingerprint density at radius 1 is 0.692 bits per heavy atom. The van der Waals surface area contributed by atoms with E-state index in [1.165, 1.54) is 21.3 Å². The first-order valence-corrected chi connectivity index (χ1v) is 12.5. The molecule has 4 rings (SSSR count). The summed E-state index contributed by atoms with van der Waals surface area (Å²) in [7, 11) is 11.0. The molecule has 9 heteroatoms. The van der Waals surface area contributed by atoms with Crippen LogP contribution in [0.5, 0.6) is 40.2 Å². The van der Waals surface area contributed by atoms with Gasteiger partial charge >= 0.3 is 0 Å². The van der Waals surface area contributed by atoms with Crippen molar-refractivity contribution >= 4 is 5.91 Å². The lowest BCUT2D eigenvalue weighted by Crippen LogP contribution is -2.41. The van der Waals surface area contributed by atoms with Crippen LogP contribution in [-0.2, 0) is 12.8 Å². The third-order valence-electron chi connectivity index (χ3n) is 7.05. The summed E-state index contributed by atoms with van der Waals surface area (Å²) in [5.41, 5.74) is 3.52. The van der Waals surface area contributed by atoms with Gasteiger partial charge in [0.2, 0.25) is 5.75 Å². The van der Waals surface area contributed by atoms with Crippen molar-refractivity contribution in [1.82, 2.24) is 4.90 Å². The highest BCUT2D eigenvalue weighted by molar-refractivity contribution is 5.96. The highest BCUT2D eigenvalue weighted by Crippen LogP contribution is 2.43. The third kappa shape index (κ3) is 5.34. The molecule has 9 nitrogen and oxygen atoms in total. The second kappa shape index (κ2) is 12.1. The first-order chi connectivity index (χ1) is 18.9. The molecular formula is C30H35NO8. The van der Waals surface area contributed by atoms with Crippen molar-refractivity contribution in [1.29, 1.82) is 0 Å². The summed E-state index contributed by atoms with van der Waals surface area (Å²) >= 11 is 0. The molecule has 0 bridgehead atoms. The molecule has 0 saturated carbocycles. The molecule has 1 amide bonds. The minimum atomic E-state index is -0.293. The smallest absolute Gasteiger partial charge is 0.254 e. The highest BCUT2D eigenvalue weighted by atomic mass is 16.5. The van der Waals surface area contributed by atoms with Crippen LogP contribution in [0.4, 0.5) is 0 Å². The maximum absolute atomic E-state index is 14.1. The predicted octanol–water partition coefficient (Wildman–Crippen LogP) is 4.73. The molecule has 1 unspecified atom stereocenters. The second-order valence-corrected chi connectivity index (χ2v) is 8.98. The Morgan fingerprint density at radius 2 is 1.26 bits per heavy atom. The Kier molecular flexibility index (Phi) is 8.59. The third-order valence-corrected chi connectivity index (χ3v) is 7.05. The van der Waals surface area contributed by atoms with E-state index in [9.17, 15) is 4.79 Å². The molecular weight excluding hydrogens is 502 g/mol. The van der Waals surface area contributed by atoms with Gasteiger partial charge in [-0.05, 0) is 65.9 Å². The van der Waals surface area contributed by atoms with Crippen LogP contribution in [0, 0.1) is 0 Å². The number of carbonyl (C=O) groups excluding carboxylic acids is 1. The Morgan fingerprint density at radius 3 is 1.82 bits per heavy atom. The molecule has 1 heterocycles. The fourth-order valence-corrected chi connectivity index (χ4v) is 5.09. The van der Waals surface area contributed by atoms with Crippen LogP contribution >= 0.6 is 0 Å². The number of carbonyl (C=O) groups is 1. The van der Waals surface area contributed by atoms with Gasteiger partial charge in [0.15, 0.2) is 34.5 Å². The van der Waals surface area contributed by atoms with Crippen molar-refractivity contribution < 1.29 is 38.0 Å². The van der Waals surface area contributed by atoms with E-state index < -0.39 is 0 Å². The van der Waals surface area contributed by atoms with E-state index in [1.807, 2.05) is 35.2 Å². The van der Waals surface area contributed by atoms with E-state index in [1.54, 1.807) is 40.6 Å². The summed E-state index contributed by atoms with van der Waals surface area (Å²) in [5, 5.41) is 0. The van der Waals surface area contributed by atoms with Crippen molar-refractivity contribution in [3.63, 3.8) is 0 Å². The first-order valence-electron chi connectivity index (χ1n) is 12.5. The van der Waals surface area contributed by atoms with Crippen LogP contribution in [0.2, 0.25) is 0 Å². The van der Waals surface area contributed by atoms with Gasteiger partial charge in [0, 0.05) is 12.1 Å². The number of hydrogen-bond acceptors (Lipinski definition) is 8. The monoisotopic (exact) mass is 537 g/mol. The molecule has 0 aromatic heterocycles. The van der Waals surface area contributed by atoms with Gasteiger partial charge < -0.3 is 38.1 Å². The first kappa shape index (κ1) is 27.8. The topological polar surface area (TPSA) is 84.9 Å². The van der Waals surface area contributed by atoms with Gasteiger partial charge in [0.25, 0.3) is 5.91 Å². The lowest BCUT2D eigenvalue weighted by Gasteiger charge is -2.38. The molecule has 208 valence electrons. The summed E-state index contributed by atoms with van der Waals surface area (Å²) in [4.78, 5) is 16.0. The summed E-state index contributed by atoms with van der Waals surface area (Å²) in [6.45, 7) is 0.510. The fraction of sp³-hybridized carbons (Fsp3) is 0.367. The molecule has 1 atom stereocenters. The summed E-state index contributed by atoms with van der Waals surface area (Å²) in [6.07, 6.45) is 1.20. The normalized spacial score (nSPS) is 14.2. The molecule has 39 heavy (non-hydrogen) atoms. The van der Waals surface area contributed by atoms with Gasteiger partial charge in [-0.15, -0.1) is 0 Å². The molecule has 0 fully saturated rings. The Hall–Kier alpha value is -4.27. The summed E-state index contributed by atoms with van der Waals surface area (Å²) in [6, 6.07) is 12.8. The zero-order chi connectivity index (χ0) is 28.1. The van der Waals surface area contributed by atoms with Gasteiger partial charge in [0.05, 0.1) is 55.8 Å². The molecule has 1 aliphatic rings. The van der Waals surface area contributed by atoms with Gasteiger partial charge in [-0.2, -0.15) is 0 Å². The van der Waals surface area contributed by atoms with E-state index in [0.717, 1.165) is 16.7 Å². The van der Waals surface area contributed by atoms with Crippen LogP contribution < -0.4 is 33.2 Å². The molecule has 0 radical (unpaired) electrons. The molecule has 0 N–H and O–H groups in total. The fourth-order valence-electron chi connectivity index (χ4n) is 5.09. The van der Waals surface area contributed by atoms with Crippen molar-refractivity contribution in [2.24, 2.45) is 0 Å². The second-order valence-electron chi connectivity index (χ2n) is 8.98. The lowest BCUT2D eigenvalue weighted by molar-refractivity contribution is 0.0658. The SMILES string of the molecule is COc1ccc(CC2c3cc(OC)c(OC)cc3CCN2C(=O)c2cc(OC)c(OC)c(OC)c2)cc1OC. The zero-order valence-electron chi connectivity index (χ0n) is 23.5. The maximum Gasteiger partial charge on any atom is 0.254 e. The van der Waals surface area contributed by atoms with Gasteiger partial charge in [0.1, 0.15) is 0 Å². The van der Waals surface area contributed by atoms with Crippen LogP contribution in [-0.4, -0.2) is 67.1 Å². The van der Waals surface area contributed by atoms with E-state index in [2.05, 4.69) is 0 Å². The van der Waals surface area contributed by atoms with Crippen LogP contribution in [0.1, 0.15) is 33.1 Å². The number of nitrogens with zero attached hydrogens (tertiary/aromatic N) is 1. The Balaban J connectivity index is 1.82. The maximum atomic E-state index is 14.1. The van der Waals surface area contributed by atoms with Gasteiger partial charge in [-0.1, -0.05) is 6.07 Å². The molecule has 0 aliphatic carbocycles. The highest BCUT2D eigenvalue weighted by Gasteiger charge is 2.34. The number of benzene rings is 3. The average Bonchev–Trinajstić information content (AvgIpc) is 2.98.